The molecule has 0 heterocycles. The summed E-state index contributed by atoms with van der Waals surface area (Å²) in [5.74, 6) is -0.927. The SMILES string of the molecule is CNCc1ccc(Oc2cccc(F)c2C(N)=O)cc1. The topological polar surface area (TPSA) is 64.3 Å². The lowest BCUT2D eigenvalue weighted by Gasteiger charge is -2.10. The van der Waals surface area contributed by atoms with Gasteiger partial charge in [-0.2, -0.15) is 0 Å². The highest BCUT2D eigenvalue weighted by molar-refractivity contribution is 5.96. The van der Waals surface area contributed by atoms with Crippen molar-refractivity contribution < 1.29 is 13.9 Å². The van der Waals surface area contributed by atoms with E-state index in [4.69, 9.17) is 10.5 Å². The molecule has 0 saturated heterocycles. The van der Waals surface area contributed by atoms with E-state index in [0.717, 1.165) is 12.1 Å². The summed E-state index contributed by atoms with van der Waals surface area (Å²) < 4.78 is 19.1. The van der Waals surface area contributed by atoms with Crippen LogP contribution in [0.1, 0.15) is 15.9 Å². The Kier molecular flexibility index (Phi) is 4.32. The number of benzene rings is 2. The van der Waals surface area contributed by atoms with Gasteiger partial charge in [-0.1, -0.05) is 18.2 Å². The number of amides is 1. The van der Waals surface area contributed by atoms with Crippen molar-refractivity contribution in [2.24, 2.45) is 5.73 Å². The van der Waals surface area contributed by atoms with Crippen molar-refractivity contribution in [2.75, 3.05) is 7.05 Å². The van der Waals surface area contributed by atoms with Gasteiger partial charge in [0.05, 0.1) is 0 Å². The summed E-state index contributed by atoms with van der Waals surface area (Å²) in [6.07, 6.45) is 0. The number of nitrogens with one attached hydrogen (secondary N) is 1. The van der Waals surface area contributed by atoms with Gasteiger partial charge in [-0.15, -0.1) is 0 Å². The molecule has 0 aliphatic rings. The Morgan fingerprint density at radius 3 is 2.55 bits per heavy atom. The predicted octanol–water partition coefficient (Wildman–Crippen LogP) is 2.44. The summed E-state index contributed by atoms with van der Waals surface area (Å²) in [6.45, 7) is 0.743. The lowest BCUT2D eigenvalue weighted by molar-refractivity contribution is 0.0994. The zero-order valence-electron chi connectivity index (χ0n) is 11.0. The maximum atomic E-state index is 13.6. The average Bonchev–Trinajstić information content (AvgIpc) is 2.41. The molecule has 4 nitrogen and oxygen atoms in total. The molecule has 5 heteroatoms. The Balaban J connectivity index is 2.26. The van der Waals surface area contributed by atoms with E-state index in [1.54, 1.807) is 12.1 Å². The van der Waals surface area contributed by atoms with Gasteiger partial charge in [-0.05, 0) is 36.9 Å². The van der Waals surface area contributed by atoms with Crippen LogP contribution in [-0.4, -0.2) is 13.0 Å². The third-order valence-corrected chi connectivity index (χ3v) is 2.75. The quantitative estimate of drug-likeness (QED) is 0.880. The minimum absolute atomic E-state index is 0.110. The summed E-state index contributed by atoms with van der Waals surface area (Å²) >= 11 is 0. The second-order valence-corrected chi connectivity index (χ2v) is 4.25. The van der Waals surface area contributed by atoms with E-state index in [9.17, 15) is 9.18 Å². The van der Waals surface area contributed by atoms with Gasteiger partial charge in [0.25, 0.3) is 5.91 Å². The van der Waals surface area contributed by atoms with Gasteiger partial charge in [0, 0.05) is 6.54 Å². The maximum absolute atomic E-state index is 13.6. The highest BCUT2D eigenvalue weighted by atomic mass is 19.1. The monoisotopic (exact) mass is 274 g/mol. The lowest BCUT2D eigenvalue weighted by Crippen LogP contribution is -2.14. The van der Waals surface area contributed by atoms with E-state index in [0.29, 0.717) is 5.75 Å². The molecule has 104 valence electrons. The van der Waals surface area contributed by atoms with Gasteiger partial charge in [0.2, 0.25) is 0 Å². The first-order valence-electron chi connectivity index (χ1n) is 6.11. The summed E-state index contributed by atoms with van der Waals surface area (Å²) in [7, 11) is 1.86. The molecule has 3 N–H and O–H groups in total. The number of carbonyl (C=O) groups is 1. The predicted molar refractivity (Wildman–Crippen MR) is 74.2 cm³/mol. The molecule has 2 aromatic rings. The minimum Gasteiger partial charge on any atom is -0.456 e. The maximum Gasteiger partial charge on any atom is 0.255 e. The van der Waals surface area contributed by atoms with Gasteiger partial charge in [0.1, 0.15) is 22.9 Å². The van der Waals surface area contributed by atoms with Crippen LogP contribution in [-0.2, 0) is 6.54 Å². The molecule has 0 radical (unpaired) electrons. The molecular weight excluding hydrogens is 259 g/mol. The second kappa shape index (κ2) is 6.16. The van der Waals surface area contributed by atoms with Crippen LogP contribution in [0.2, 0.25) is 0 Å². The number of hydrogen-bond acceptors (Lipinski definition) is 3. The normalized spacial score (nSPS) is 10.3. The summed E-state index contributed by atoms with van der Waals surface area (Å²) in [6, 6.07) is 11.4. The molecule has 0 spiro atoms. The number of nitrogens with two attached hydrogens (primary N) is 1. The van der Waals surface area contributed by atoms with Crippen LogP contribution < -0.4 is 15.8 Å². The number of hydrogen-bond donors (Lipinski definition) is 2. The molecule has 2 rings (SSSR count). The van der Waals surface area contributed by atoms with Crippen molar-refractivity contribution in [3.63, 3.8) is 0 Å². The van der Waals surface area contributed by atoms with Crippen LogP contribution in [0.5, 0.6) is 11.5 Å². The zero-order valence-corrected chi connectivity index (χ0v) is 11.0. The molecule has 20 heavy (non-hydrogen) atoms. The van der Waals surface area contributed by atoms with E-state index < -0.39 is 11.7 Å². The number of ether oxygens (including phenoxy) is 1. The molecule has 0 bridgehead atoms. The third-order valence-electron chi connectivity index (χ3n) is 2.75. The first-order valence-corrected chi connectivity index (χ1v) is 6.11. The van der Waals surface area contributed by atoms with Crippen LogP contribution in [0.4, 0.5) is 4.39 Å². The van der Waals surface area contributed by atoms with E-state index in [-0.39, 0.29) is 11.3 Å². The smallest absolute Gasteiger partial charge is 0.255 e. The Bertz CT molecular complexity index is 612. The van der Waals surface area contributed by atoms with Gasteiger partial charge in [-0.3, -0.25) is 4.79 Å². The Labute approximate surface area is 116 Å². The summed E-state index contributed by atoms with van der Waals surface area (Å²) in [5.41, 5.74) is 6.01. The summed E-state index contributed by atoms with van der Waals surface area (Å²) in [5, 5.41) is 3.03. The van der Waals surface area contributed by atoms with Crippen molar-refractivity contribution in [1.29, 1.82) is 0 Å². The van der Waals surface area contributed by atoms with Crippen molar-refractivity contribution in [1.82, 2.24) is 5.32 Å². The van der Waals surface area contributed by atoms with Crippen LogP contribution in [0.15, 0.2) is 42.5 Å². The Morgan fingerprint density at radius 1 is 1.25 bits per heavy atom. The van der Waals surface area contributed by atoms with Gasteiger partial charge >= 0.3 is 0 Å². The molecule has 0 fully saturated rings. The van der Waals surface area contributed by atoms with Crippen LogP contribution in [0, 0.1) is 5.82 Å². The van der Waals surface area contributed by atoms with Gasteiger partial charge in [-0.25, -0.2) is 4.39 Å². The van der Waals surface area contributed by atoms with Crippen LogP contribution in [0.25, 0.3) is 0 Å². The van der Waals surface area contributed by atoms with Crippen LogP contribution in [0.3, 0.4) is 0 Å². The van der Waals surface area contributed by atoms with Gasteiger partial charge in [0.15, 0.2) is 0 Å². The zero-order chi connectivity index (χ0) is 14.5. The van der Waals surface area contributed by atoms with E-state index >= 15 is 0 Å². The second-order valence-electron chi connectivity index (χ2n) is 4.25. The molecule has 0 unspecified atom stereocenters. The highest BCUT2D eigenvalue weighted by Gasteiger charge is 2.15. The third kappa shape index (κ3) is 3.13. The molecule has 0 aromatic heterocycles. The average molecular weight is 274 g/mol. The number of halogens is 1. The highest BCUT2D eigenvalue weighted by Crippen LogP contribution is 2.27. The number of carbonyl (C=O) groups excluding carboxylic acids is 1. The lowest BCUT2D eigenvalue weighted by atomic mass is 10.1. The van der Waals surface area contributed by atoms with E-state index in [1.807, 2.05) is 19.2 Å². The van der Waals surface area contributed by atoms with Crippen LogP contribution >= 0.6 is 0 Å². The fraction of sp³-hybridized carbons (Fsp3) is 0.133. The Hall–Kier alpha value is -2.40. The molecule has 0 saturated carbocycles. The fourth-order valence-corrected chi connectivity index (χ4v) is 1.83. The van der Waals surface area contributed by atoms with Crippen molar-refractivity contribution >= 4 is 5.91 Å². The molecule has 1 amide bonds. The first-order chi connectivity index (χ1) is 9.61. The minimum atomic E-state index is -0.857. The standard InChI is InChI=1S/C15H15FN2O2/c1-18-9-10-5-7-11(8-6-10)20-13-4-2-3-12(16)14(13)15(17)19/h2-8,18H,9H2,1H3,(H2,17,19). The molecular formula is C15H15FN2O2. The number of rotatable bonds is 5. The van der Waals surface area contributed by atoms with E-state index in [1.165, 1.54) is 18.2 Å². The molecule has 0 aliphatic heterocycles. The Morgan fingerprint density at radius 2 is 1.95 bits per heavy atom. The molecule has 0 aliphatic carbocycles. The first kappa shape index (κ1) is 14.0. The number of primary amides is 1. The van der Waals surface area contributed by atoms with Gasteiger partial charge < -0.3 is 15.8 Å². The van der Waals surface area contributed by atoms with Crippen molar-refractivity contribution in [3.8, 4) is 11.5 Å². The molecule has 0 atom stereocenters. The fourth-order valence-electron chi connectivity index (χ4n) is 1.83. The summed E-state index contributed by atoms with van der Waals surface area (Å²) in [4.78, 5) is 11.3. The van der Waals surface area contributed by atoms with E-state index in [2.05, 4.69) is 5.32 Å². The molecule has 2 aromatic carbocycles. The van der Waals surface area contributed by atoms with Crippen molar-refractivity contribution in [2.45, 2.75) is 6.54 Å². The van der Waals surface area contributed by atoms with Crippen molar-refractivity contribution in [3.05, 3.63) is 59.4 Å². The largest absolute Gasteiger partial charge is 0.456 e.